The molecule has 0 spiro atoms. The number of allylic oxidation sites excluding steroid dienone is 1. The van der Waals surface area contributed by atoms with Crippen LogP contribution in [-0.4, -0.2) is 42.0 Å². The van der Waals surface area contributed by atoms with E-state index >= 15 is 0 Å². The molecule has 1 aliphatic rings. The molecule has 3 rings (SSSR count). The molecule has 0 saturated heterocycles. The average Bonchev–Trinajstić information content (AvgIpc) is 2.70. The number of fused-ring (bicyclic) bond motifs is 2. The summed E-state index contributed by atoms with van der Waals surface area (Å²) < 4.78 is 0. The molecule has 3 nitrogen and oxygen atoms in total. The second kappa shape index (κ2) is 8.90. The van der Waals surface area contributed by atoms with Gasteiger partial charge >= 0.3 is 0 Å². The van der Waals surface area contributed by atoms with E-state index in [0.717, 1.165) is 28.8 Å². The molecule has 2 aromatic rings. The SMILES string of the molecule is CN(C)c1ccc2c(c1)[Si](C)(C)c1cc(N(C)C)cc(/C=C/CCCC(C)(C)C)c1C2=O. The van der Waals surface area contributed by atoms with Crippen molar-refractivity contribution in [3.05, 3.63) is 53.1 Å². The Morgan fingerprint density at radius 3 is 2.12 bits per heavy atom. The summed E-state index contributed by atoms with van der Waals surface area (Å²) in [5, 5.41) is 2.50. The molecular weight excluding hydrogens is 408 g/mol. The lowest BCUT2D eigenvalue weighted by Gasteiger charge is -2.35. The zero-order valence-electron chi connectivity index (χ0n) is 21.5. The van der Waals surface area contributed by atoms with E-state index in [1.165, 1.54) is 28.9 Å². The lowest BCUT2D eigenvalue weighted by molar-refractivity contribution is 0.104. The van der Waals surface area contributed by atoms with Crippen LogP contribution < -0.4 is 20.2 Å². The van der Waals surface area contributed by atoms with Gasteiger partial charge in [-0.1, -0.05) is 46.0 Å². The fraction of sp³-hybridized carbons (Fsp3) is 0.464. The standard InChI is InChI=1S/C28H40N2OSi/c1-28(2,3)16-12-10-11-13-20-17-22(30(6)7)19-25-26(20)27(31)23-15-14-21(29(4)5)18-24(23)32(25,8)9/h11,13-15,17-19H,10,12,16H2,1-9H3/b13-11+. The quantitative estimate of drug-likeness (QED) is 0.436. The number of rotatable bonds is 6. The van der Waals surface area contributed by atoms with Crippen molar-refractivity contribution < 1.29 is 4.79 Å². The van der Waals surface area contributed by atoms with Gasteiger partial charge in [-0.2, -0.15) is 0 Å². The molecule has 32 heavy (non-hydrogen) atoms. The van der Waals surface area contributed by atoms with Crippen LogP contribution in [0.4, 0.5) is 11.4 Å². The van der Waals surface area contributed by atoms with Crippen LogP contribution in [0.3, 0.4) is 0 Å². The first kappa shape index (κ1) is 24.3. The molecule has 4 heteroatoms. The second-order valence-corrected chi connectivity index (χ2v) is 15.6. The summed E-state index contributed by atoms with van der Waals surface area (Å²) in [7, 11) is 6.23. The monoisotopic (exact) mass is 448 g/mol. The predicted octanol–water partition coefficient (Wildman–Crippen LogP) is 5.42. The van der Waals surface area contributed by atoms with Gasteiger partial charge in [0.15, 0.2) is 5.78 Å². The van der Waals surface area contributed by atoms with Gasteiger partial charge in [0.25, 0.3) is 0 Å². The maximum atomic E-state index is 13.8. The molecule has 172 valence electrons. The highest BCUT2D eigenvalue weighted by molar-refractivity contribution is 7.02. The van der Waals surface area contributed by atoms with E-state index in [-0.39, 0.29) is 5.78 Å². The maximum absolute atomic E-state index is 13.8. The minimum Gasteiger partial charge on any atom is -0.378 e. The minimum atomic E-state index is -2.05. The fourth-order valence-electron chi connectivity index (χ4n) is 4.55. The van der Waals surface area contributed by atoms with Crippen LogP contribution in [0, 0.1) is 5.41 Å². The summed E-state index contributed by atoms with van der Waals surface area (Å²) >= 11 is 0. The molecule has 0 bridgehead atoms. The highest BCUT2D eigenvalue weighted by atomic mass is 28.3. The van der Waals surface area contributed by atoms with E-state index in [1.807, 2.05) is 6.07 Å². The molecule has 0 fully saturated rings. The highest BCUT2D eigenvalue weighted by Crippen LogP contribution is 2.29. The van der Waals surface area contributed by atoms with Crippen LogP contribution in [0.1, 0.15) is 61.5 Å². The van der Waals surface area contributed by atoms with E-state index in [2.05, 4.69) is 108 Å². The summed E-state index contributed by atoms with van der Waals surface area (Å²) in [5.74, 6) is 0.173. The number of hydrogen-bond donors (Lipinski definition) is 0. The number of unbranched alkanes of at least 4 members (excludes halogenated alkanes) is 1. The maximum Gasteiger partial charge on any atom is 0.193 e. The van der Waals surface area contributed by atoms with Crippen LogP contribution in [-0.2, 0) is 0 Å². The number of carbonyl (C=O) groups excluding carboxylic acids is 1. The topological polar surface area (TPSA) is 23.6 Å². The van der Waals surface area contributed by atoms with Crippen molar-refractivity contribution in [3.63, 3.8) is 0 Å². The smallest absolute Gasteiger partial charge is 0.193 e. The molecule has 0 N–H and O–H groups in total. The summed E-state index contributed by atoms with van der Waals surface area (Å²) in [5.41, 5.74) is 5.56. The summed E-state index contributed by atoms with van der Waals surface area (Å²) in [4.78, 5) is 18.0. The average molecular weight is 449 g/mol. The van der Waals surface area contributed by atoms with Crippen molar-refractivity contribution >= 4 is 41.7 Å². The Balaban J connectivity index is 2.09. The molecule has 0 unspecified atom stereocenters. The summed E-state index contributed by atoms with van der Waals surface area (Å²) in [6.07, 6.45) is 7.85. The normalized spacial score (nSPS) is 15.0. The zero-order chi connectivity index (χ0) is 23.8. The van der Waals surface area contributed by atoms with E-state index in [4.69, 9.17) is 0 Å². The van der Waals surface area contributed by atoms with E-state index in [9.17, 15) is 4.79 Å². The molecule has 1 heterocycles. The molecule has 0 atom stereocenters. The first-order chi connectivity index (χ1) is 14.8. The van der Waals surface area contributed by atoms with Crippen molar-refractivity contribution in [2.75, 3.05) is 38.0 Å². The number of benzene rings is 2. The van der Waals surface area contributed by atoms with Gasteiger partial charge < -0.3 is 9.80 Å². The Kier molecular flexibility index (Phi) is 6.76. The van der Waals surface area contributed by atoms with Gasteiger partial charge in [0, 0.05) is 50.7 Å². The molecule has 0 radical (unpaired) electrons. The van der Waals surface area contributed by atoms with Crippen LogP contribution in [0.5, 0.6) is 0 Å². The Morgan fingerprint density at radius 1 is 0.906 bits per heavy atom. The van der Waals surface area contributed by atoms with E-state index in [0.29, 0.717) is 5.41 Å². The Bertz CT molecular complexity index is 1040. The summed E-state index contributed by atoms with van der Waals surface area (Å²) in [6.45, 7) is 11.6. The van der Waals surface area contributed by atoms with Crippen LogP contribution >= 0.6 is 0 Å². The Hall–Kier alpha value is -2.33. The molecule has 0 aromatic heterocycles. The fourth-order valence-corrected chi connectivity index (χ4v) is 7.61. The molecule has 2 aromatic carbocycles. The van der Waals surface area contributed by atoms with Gasteiger partial charge in [0.1, 0.15) is 8.07 Å². The Morgan fingerprint density at radius 2 is 1.53 bits per heavy atom. The van der Waals surface area contributed by atoms with Crippen LogP contribution in [0.2, 0.25) is 13.1 Å². The first-order valence-electron chi connectivity index (χ1n) is 11.7. The van der Waals surface area contributed by atoms with Gasteiger partial charge in [-0.3, -0.25) is 4.79 Å². The number of ketones is 1. The minimum absolute atomic E-state index is 0.173. The van der Waals surface area contributed by atoms with Gasteiger partial charge in [-0.15, -0.1) is 0 Å². The van der Waals surface area contributed by atoms with Crippen molar-refractivity contribution in [1.29, 1.82) is 0 Å². The molecule has 0 aliphatic carbocycles. The zero-order valence-corrected chi connectivity index (χ0v) is 22.5. The van der Waals surface area contributed by atoms with Gasteiger partial charge in [0.05, 0.1) is 0 Å². The predicted molar refractivity (Wildman–Crippen MR) is 144 cm³/mol. The van der Waals surface area contributed by atoms with Crippen molar-refractivity contribution in [2.45, 2.75) is 53.1 Å². The van der Waals surface area contributed by atoms with Crippen molar-refractivity contribution in [3.8, 4) is 0 Å². The number of nitrogens with zero attached hydrogens (tertiary/aromatic N) is 2. The van der Waals surface area contributed by atoms with Crippen LogP contribution in [0.15, 0.2) is 36.4 Å². The van der Waals surface area contributed by atoms with Crippen molar-refractivity contribution in [1.82, 2.24) is 0 Å². The molecular formula is C28H40N2OSi. The van der Waals surface area contributed by atoms with E-state index < -0.39 is 8.07 Å². The molecule has 0 saturated carbocycles. The van der Waals surface area contributed by atoms with Crippen molar-refractivity contribution in [2.24, 2.45) is 5.41 Å². The van der Waals surface area contributed by atoms with E-state index in [1.54, 1.807) is 0 Å². The Labute approximate surface area is 196 Å². The third kappa shape index (κ3) is 4.85. The third-order valence-corrected chi connectivity index (χ3v) is 10.1. The lowest BCUT2D eigenvalue weighted by Crippen LogP contribution is -2.60. The van der Waals surface area contributed by atoms with Gasteiger partial charge in [-0.25, -0.2) is 0 Å². The lowest BCUT2D eigenvalue weighted by atomic mass is 9.90. The summed E-state index contributed by atoms with van der Waals surface area (Å²) in [6, 6.07) is 10.8. The molecule has 0 amide bonds. The second-order valence-electron chi connectivity index (χ2n) is 11.3. The number of hydrogen-bond acceptors (Lipinski definition) is 3. The highest BCUT2D eigenvalue weighted by Gasteiger charge is 2.40. The largest absolute Gasteiger partial charge is 0.378 e. The van der Waals surface area contributed by atoms with Gasteiger partial charge in [0.2, 0.25) is 0 Å². The van der Waals surface area contributed by atoms with Gasteiger partial charge in [-0.05, 0) is 70.9 Å². The number of anilines is 2. The third-order valence-electron chi connectivity index (χ3n) is 6.60. The van der Waals surface area contributed by atoms with Crippen LogP contribution in [0.25, 0.3) is 6.08 Å². The number of carbonyl (C=O) groups is 1. The first-order valence-corrected chi connectivity index (χ1v) is 14.7. The molecule has 1 aliphatic heterocycles.